The number of sulfonamides is 1. The fraction of sp³-hybridized carbons (Fsp3) is 0.913. The number of aliphatic hydroxyl groups excluding tert-OH is 3. The smallest absolute Gasteiger partial charge is 0.213 e. The zero-order chi connectivity index (χ0) is 29.0. The lowest BCUT2D eigenvalue weighted by atomic mass is 9.73. The SMILES string of the molecule is CN[C@@H]1[C@@H](O)[C@@H](O[C@@H]2[C@@H](O)[C@H](C3OC(CNCCO)=CC[C@H]3N)[C@@H](N)C[C@H]2NS(=O)(=O)CCN)OC[C@]1(C)O. The van der Waals surface area contributed by atoms with Crippen LogP contribution in [0.4, 0.5) is 0 Å². The minimum Gasteiger partial charge on any atom is -0.492 e. The topological polar surface area (TPSA) is 257 Å². The lowest BCUT2D eigenvalue weighted by Crippen LogP contribution is -2.69. The number of hydrogen-bond donors (Lipinski definition) is 10. The van der Waals surface area contributed by atoms with Gasteiger partial charge in [0.05, 0.1) is 43.7 Å². The predicted molar refractivity (Wildman–Crippen MR) is 141 cm³/mol. The van der Waals surface area contributed by atoms with Crippen LogP contribution in [0.1, 0.15) is 19.8 Å². The Balaban J connectivity index is 1.86. The number of ether oxygens (including phenoxy) is 3. The van der Waals surface area contributed by atoms with Gasteiger partial charge in [-0.3, -0.25) is 0 Å². The van der Waals surface area contributed by atoms with Crippen molar-refractivity contribution in [1.29, 1.82) is 0 Å². The van der Waals surface area contributed by atoms with Gasteiger partial charge in [-0.05, 0) is 32.9 Å². The minimum absolute atomic E-state index is 0.0398. The Kier molecular flexibility index (Phi) is 11.5. The first-order chi connectivity index (χ1) is 18.3. The Labute approximate surface area is 229 Å². The Bertz CT molecular complexity index is 926. The van der Waals surface area contributed by atoms with Crippen LogP contribution in [0.2, 0.25) is 0 Å². The Morgan fingerprint density at radius 2 is 1.95 bits per heavy atom. The molecule has 3 aliphatic rings. The van der Waals surface area contributed by atoms with Crippen LogP contribution in [0.25, 0.3) is 0 Å². The van der Waals surface area contributed by atoms with Crippen molar-refractivity contribution in [3.05, 3.63) is 11.8 Å². The summed E-state index contributed by atoms with van der Waals surface area (Å²) in [5.74, 6) is -0.516. The first kappa shape index (κ1) is 32.5. The summed E-state index contributed by atoms with van der Waals surface area (Å²) >= 11 is 0. The van der Waals surface area contributed by atoms with E-state index in [4.69, 9.17) is 36.5 Å². The maximum Gasteiger partial charge on any atom is 0.213 e. The second kappa shape index (κ2) is 13.8. The summed E-state index contributed by atoms with van der Waals surface area (Å²) in [4.78, 5) is 0. The molecule has 0 spiro atoms. The van der Waals surface area contributed by atoms with Crippen LogP contribution in [-0.2, 0) is 24.2 Å². The highest BCUT2D eigenvalue weighted by Gasteiger charge is 2.53. The van der Waals surface area contributed by atoms with Gasteiger partial charge in [0.1, 0.15) is 29.7 Å². The van der Waals surface area contributed by atoms with Gasteiger partial charge < -0.3 is 62.5 Å². The molecule has 39 heavy (non-hydrogen) atoms. The third-order valence-corrected chi connectivity index (χ3v) is 9.03. The van der Waals surface area contributed by atoms with E-state index in [1.807, 2.05) is 6.08 Å². The summed E-state index contributed by atoms with van der Waals surface area (Å²) in [6.45, 7) is 1.88. The van der Waals surface area contributed by atoms with Gasteiger partial charge in [0.2, 0.25) is 10.0 Å². The summed E-state index contributed by atoms with van der Waals surface area (Å²) in [7, 11) is -2.27. The average molecular weight is 583 g/mol. The number of hydrogen-bond acceptors (Lipinski definition) is 14. The van der Waals surface area contributed by atoms with Crippen LogP contribution in [0.15, 0.2) is 11.8 Å². The normalized spacial score (nSPS) is 41.6. The van der Waals surface area contributed by atoms with Crippen molar-refractivity contribution < 1.29 is 43.1 Å². The highest BCUT2D eigenvalue weighted by atomic mass is 32.2. The molecule has 1 saturated carbocycles. The molecule has 2 fully saturated rings. The van der Waals surface area contributed by atoms with Crippen molar-refractivity contribution in [2.45, 2.75) is 80.2 Å². The molecule has 11 atom stereocenters. The second-order valence-electron chi connectivity index (χ2n) is 10.7. The molecule has 0 aromatic carbocycles. The lowest BCUT2D eigenvalue weighted by molar-refractivity contribution is -0.297. The summed E-state index contributed by atoms with van der Waals surface area (Å²) in [6.07, 6.45) is -3.58. The van der Waals surface area contributed by atoms with E-state index in [1.54, 1.807) is 7.05 Å². The number of aliphatic hydroxyl groups is 4. The molecule has 1 saturated heterocycles. The fourth-order valence-electron chi connectivity index (χ4n) is 5.67. The van der Waals surface area contributed by atoms with Crippen LogP contribution in [0, 0.1) is 5.92 Å². The first-order valence-corrected chi connectivity index (χ1v) is 14.9. The summed E-state index contributed by atoms with van der Waals surface area (Å²) in [5, 5.41) is 48.1. The van der Waals surface area contributed by atoms with Crippen LogP contribution in [0.3, 0.4) is 0 Å². The summed E-state index contributed by atoms with van der Waals surface area (Å²) in [6, 6.07) is -3.04. The summed E-state index contributed by atoms with van der Waals surface area (Å²) in [5.41, 5.74) is 17.0. The highest BCUT2D eigenvalue weighted by molar-refractivity contribution is 7.89. The summed E-state index contributed by atoms with van der Waals surface area (Å²) < 4.78 is 45.7. The molecular formula is C23H46N6O9S. The number of nitrogens with one attached hydrogen (secondary N) is 3. The van der Waals surface area contributed by atoms with Crippen molar-refractivity contribution >= 4 is 10.0 Å². The molecule has 0 amide bonds. The molecule has 0 aromatic heterocycles. The number of rotatable bonds is 12. The highest BCUT2D eigenvalue weighted by Crippen LogP contribution is 2.36. The monoisotopic (exact) mass is 582 g/mol. The van der Waals surface area contributed by atoms with E-state index >= 15 is 0 Å². The van der Waals surface area contributed by atoms with E-state index in [9.17, 15) is 23.7 Å². The van der Waals surface area contributed by atoms with Gasteiger partial charge in [0, 0.05) is 31.1 Å². The molecule has 0 aromatic rings. The molecule has 3 rings (SSSR count). The van der Waals surface area contributed by atoms with Crippen molar-refractivity contribution in [3.63, 3.8) is 0 Å². The molecule has 0 radical (unpaired) electrons. The van der Waals surface area contributed by atoms with E-state index in [0.29, 0.717) is 25.3 Å². The van der Waals surface area contributed by atoms with Gasteiger partial charge in [0.25, 0.3) is 0 Å². The number of nitrogens with two attached hydrogens (primary N) is 3. The van der Waals surface area contributed by atoms with Gasteiger partial charge in [-0.25, -0.2) is 13.1 Å². The first-order valence-electron chi connectivity index (χ1n) is 13.3. The van der Waals surface area contributed by atoms with Crippen LogP contribution < -0.4 is 32.6 Å². The van der Waals surface area contributed by atoms with Gasteiger partial charge in [-0.1, -0.05) is 0 Å². The molecule has 15 nitrogen and oxygen atoms in total. The van der Waals surface area contributed by atoms with E-state index < -0.39 is 76.4 Å². The average Bonchev–Trinajstić information content (AvgIpc) is 2.84. The quantitative estimate of drug-likeness (QED) is 0.0967. The Hall–Kier alpha value is -0.990. The molecular weight excluding hydrogens is 536 g/mol. The molecule has 2 heterocycles. The van der Waals surface area contributed by atoms with Crippen molar-refractivity contribution in [2.24, 2.45) is 23.1 Å². The van der Waals surface area contributed by atoms with Gasteiger partial charge in [-0.15, -0.1) is 0 Å². The maximum atomic E-state index is 12.6. The Morgan fingerprint density at radius 3 is 2.59 bits per heavy atom. The molecule has 228 valence electrons. The molecule has 0 bridgehead atoms. The zero-order valence-electron chi connectivity index (χ0n) is 22.5. The van der Waals surface area contributed by atoms with Crippen LogP contribution in [-0.4, -0.2) is 135 Å². The standard InChI is InChI=1S/C23H46N6O9S/c1-23(33)11-36-22(18(32)21(23)27-2)38-20-15(29-39(34,35)8-5-24)9-14(26)16(17(20)31)19-13(25)4-3-12(37-19)10-28-6-7-30/h3,13-22,27-33H,4-11,24-26H2,1-2H3/t13-,14+,15-,16-,17+,18-,19?,20+,21-,22-,23+/m1/s1. The largest absolute Gasteiger partial charge is 0.492 e. The minimum atomic E-state index is -3.85. The predicted octanol–water partition coefficient (Wildman–Crippen LogP) is -5.04. The molecule has 2 aliphatic heterocycles. The maximum absolute atomic E-state index is 12.6. The molecule has 16 heteroatoms. The van der Waals surface area contributed by atoms with Crippen molar-refractivity contribution in [3.8, 4) is 0 Å². The van der Waals surface area contributed by atoms with E-state index in [-0.39, 0.29) is 31.9 Å². The van der Waals surface area contributed by atoms with Crippen LogP contribution in [0.5, 0.6) is 0 Å². The molecule has 1 unspecified atom stereocenters. The second-order valence-corrected chi connectivity index (χ2v) is 12.6. The number of likely N-dealkylation sites (N-methyl/N-ethyl adjacent to an activating group) is 1. The Morgan fingerprint density at radius 1 is 1.23 bits per heavy atom. The molecule has 1 aliphatic carbocycles. The van der Waals surface area contributed by atoms with E-state index in [0.717, 1.165) is 0 Å². The van der Waals surface area contributed by atoms with Gasteiger partial charge >= 0.3 is 0 Å². The van der Waals surface area contributed by atoms with E-state index in [2.05, 4.69) is 15.4 Å². The lowest BCUT2D eigenvalue weighted by Gasteiger charge is -2.50. The van der Waals surface area contributed by atoms with Crippen molar-refractivity contribution in [1.82, 2.24) is 15.4 Å². The third-order valence-electron chi connectivity index (χ3n) is 7.59. The third kappa shape index (κ3) is 7.85. The van der Waals surface area contributed by atoms with Crippen LogP contribution >= 0.6 is 0 Å². The van der Waals surface area contributed by atoms with Gasteiger partial charge in [0.15, 0.2) is 6.29 Å². The molecule has 13 N–H and O–H groups in total. The van der Waals surface area contributed by atoms with Crippen molar-refractivity contribution in [2.75, 3.05) is 45.6 Å². The van der Waals surface area contributed by atoms with E-state index in [1.165, 1.54) is 6.92 Å². The van der Waals surface area contributed by atoms with Gasteiger partial charge in [-0.2, -0.15) is 0 Å². The zero-order valence-corrected chi connectivity index (χ0v) is 23.3. The fourth-order valence-corrected chi connectivity index (χ4v) is 6.79.